The van der Waals surface area contributed by atoms with Crippen LogP contribution in [0.15, 0.2) is 59.4 Å². The molecule has 1 N–H and O–H groups in total. The average molecular weight is 404 g/mol. The van der Waals surface area contributed by atoms with Crippen LogP contribution in [0.1, 0.15) is 34.9 Å². The number of nitrogens with zero attached hydrogens (tertiary/aromatic N) is 5. The molecule has 0 bridgehead atoms. The topological polar surface area (TPSA) is 77.6 Å². The molecular weight excluding hydrogens is 384 g/mol. The standard InChI is InChI=1S/C21H20N6OS/c28-21(19-13-23-27(25-19)17-4-2-1-3-5-17)22-9-10-26-20(15-6-7-15)12-18(24-26)16-8-11-29-14-16/h1-5,8,11-15H,6-7,9-10H2,(H,22,28). The number of benzene rings is 1. The molecule has 8 heteroatoms. The summed E-state index contributed by atoms with van der Waals surface area (Å²) in [6.45, 7) is 1.12. The van der Waals surface area contributed by atoms with Crippen molar-refractivity contribution in [3.8, 4) is 16.9 Å². The molecular formula is C21H20N6OS. The molecule has 1 amide bonds. The Kier molecular flexibility index (Phi) is 4.69. The Balaban J connectivity index is 1.23. The van der Waals surface area contributed by atoms with Crippen LogP contribution in [0.3, 0.4) is 0 Å². The lowest BCUT2D eigenvalue weighted by molar-refractivity contribution is 0.0946. The fraction of sp³-hybridized carbons (Fsp3) is 0.238. The van der Waals surface area contributed by atoms with Gasteiger partial charge >= 0.3 is 0 Å². The van der Waals surface area contributed by atoms with E-state index in [2.05, 4.69) is 38.4 Å². The highest BCUT2D eigenvalue weighted by molar-refractivity contribution is 7.08. The summed E-state index contributed by atoms with van der Waals surface area (Å²) in [7, 11) is 0. The molecule has 0 saturated heterocycles. The fourth-order valence-electron chi connectivity index (χ4n) is 3.29. The van der Waals surface area contributed by atoms with Crippen molar-refractivity contribution in [2.75, 3.05) is 6.54 Å². The Morgan fingerprint density at radius 1 is 1.17 bits per heavy atom. The molecule has 5 rings (SSSR count). The lowest BCUT2D eigenvalue weighted by atomic mass is 10.2. The smallest absolute Gasteiger partial charge is 0.273 e. The van der Waals surface area contributed by atoms with Gasteiger partial charge in [-0.15, -0.1) is 5.10 Å². The van der Waals surface area contributed by atoms with Crippen molar-refractivity contribution >= 4 is 17.2 Å². The van der Waals surface area contributed by atoms with E-state index in [9.17, 15) is 4.79 Å². The first-order chi connectivity index (χ1) is 14.3. The first kappa shape index (κ1) is 17.8. The number of aromatic nitrogens is 5. The third-order valence-electron chi connectivity index (χ3n) is 4.94. The van der Waals surface area contributed by atoms with Crippen molar-refractivity contribution in [3.63, 3.8) is 0 Å². The van der Waals surface area contributed by atoms with E-state index in [0.29, 0.717) is 24.7 Å². The van der Waals surface area contributed by atoms with Gasteiger partial charge in [-0.2, -0.15) is 26.3 Å². The van der Waals surface area contributed by atoms with Gasteiger partial charge in [0.05, 0.1) is 24.1 Å². The normalized spacial score (nSPS) is 13.5. The third kappa shape index (κ3) is 3.84. The molecule has 1 fully saturated rings. The number of amides is 1. The fourth-order valence-corrected chi connectivity index (χ4v) is 3.94. The molecule has 146 valence electrons. The molecule has 0 aliphatic heterocycles. The molecule has 7 nitrogen and oxygen atoms in total. The number of rotatable bonds is 7. The van der Waals surface area contributed by atoms with Crippen molar-refractivity contribution in [3.05, 3.63) is 70.8 Å². The first-order valence-corrected chi connectivity index (χ1v) is 10.6. The van der Waals surface area contributed by atoms with Crippen LogP contribution in [0.5, 0.6) is 0 Å². The van der Waals surface area contributed by atoms with Gasteiger partial charge in [0.2, 0.25) is 0 Å². The Morgan fingerprint density at radius 3 is 2.79 bits per heavy atom. The van der Waals surface area contributed by atoms with Crippen molar-refractivity contribution in [1.82, 2.24) is 30.1 Å². The number of para-hydroxylation sites is 1. The van der Waals surface area contributed by atoms with Crippen molar-refractivity contribution in [2.24, 2.45) is 0 Å². The van der Waals surface area contributed by atoms with Gasteiger partial charge in [0.1, 0.15) is 0 Å². The second kappa shape index (κ2) is 7.63. The van der Waals surface area contributed by atoms with E-state index in [1.807, 2.05) is 35.0 Å². The van der Waals surface area contributed by atoms with Crippen LogP contribution >= 0.6 is 11.3 Å². The Labute approximate surface area is 172 Å². The van der Waals surface area contributed by atoms with Gasteiger partial charge in [0.15, 0.2) is 5.69 Å². The Hall–Kier alpha value is -3.26. The predicted molar refractivity (Wildman–Crippen MR) is 111 cm³/mol. The van der Waals surface area contributed by atoms with Crippen LogP contribution in [-0.4, -0.2) is 37.2 Å². The second-order valence-electron chi connectivity index (χ2n) is 7.07. The van der Waals surface area contributed by atoms with Crippen LogP contribution in [-0.2, 0) is 6.54 Å². The summed E-state index contributed by atoms with van der Waals surface area (Å²) in [5.41, 5.74) is 4.53. The maximum Gasteiger partial charge on any atom is 0.273 e. The van der Waals surface area contributed by atoms with Gasteiger partial charge in [-0.1, -0.05) is 18.2 Å². The van der Waals surface area contributed by atoms with Gasteiger partial charge < -0.3 is 5.32 Å². The van der Waals surface area contributed by atoms with Crippen molar-refractivity contribution in [2.45, 2.75) is 25.3 Å². The van der Waals surface area contributed by atoms with E-state index in [4.69, 9.17) is 5.10 Å². The minimum atomic E-state index is -0.231. The van der Waals surface area contributed by atoms with Crippen LogP contribution < -0.4 is 5.32 Å². The highest BCUT2D eigenvalue weighted by Crippen LogP contribution is 2.41. The molecule has 3 heterocycles. The van der Waals surface area contributed by atoms with Crippen molar-refractivity contribution in [1.29, 1.82) is 0 Å². The van der Waals surface area contributed by atoms with Crippen LogP contribution in [0.25, 0.3) is 16.9 Å². The molecule has 0 unspecified atom stereocenters. The van der Waals surface area contributed by atoms with Gasteiger partial charge in [-0.05, 0) is 42.5 Å². The summed E-state index contributed by atoms with van der Waals surface area (Å²) >= 11 is 1.67. The van der Waals surface area contributed by atoms with Gasteiger partial charge in [0.25, 0.3) is 5.91 Å². The molecule has 0 atom stereocenters. The lowest BCUT2D eigenvalue weighted by Gasteiger charge is -2.07. The Morgan fingerprint density at radius 2 is 2.03 bits per heavy atom. The van der Waals surface area contributed by atoms with E-state index in [1.54, 1.807) is 11.3 Å². The highest BCUT2D eigenvalue weighted by atomic mass is 32.1. The molecule has 1 aliphatic carbocycles. The first-order valence-electron chi connectivity index (χ1n) is 9.64. The van der Waals surface area contributed by atoms with E-state index in [0.717, 1.165) is 16.9 Å². The van der Waals surface area contributed by atoms with Gasteiger partial charge in [-0.25, -0.2) is 0 Å². The van der Waals surface area contributed by atoms with Gasteiger partial charge in [0, 0.05) is 29.1 Å². The SMILES string of the molecule is O=C(NCCn1nc(-c2ccsc2)cc1C1CC1)c1cnn(-c2ccccc2)n1. The zero-order valence-corrected chi connectivity index (χ0v) is 16.5. The monoisotopic (exact) mass is 404 g/mol. The van der Waals surface area contributed by atoms with Crippen LogP contribution in [0.4, 0.5) is 0 Å². The number of hydrogen-bond donors (Lipinski definition) is 1. The Bertz CT molecular complexity index is 1110. The molecule has 29 heavy (non-hydrogen) atoms. The number of thiophene rings is 1. The lowest BCUT2D eigenvalue weighted by Crippen LogP contribution is -2.28. The number of nitrogens with one attached hydrogen (secondary N) is 1. The highest BCUT2D eigenvalue weighted by Gasteiger charge is 2.28. The summed E-state index contributed by atoms with van der Waals surface area (Å²) < 4.78 is 2.03. The molecule has 1 aromatic carbocycles. The molecule has 1 aliphatic rings. The molecule has 0 spiro atoms. The van der Waals surface area contributed by atoms with Crippen LogP contribution in [0, 0.1) is 0 Å². The van der Waals surface area contributed by atoms with Crippen LogP contribution in [0.2, 0.25) is 0 Å². The summed E-state index contributed by atoms with van der Waals surface area (Å²) in [6, 6.07) is 13.8. The minimum Gasteiger partial charge on any atom is -0.349 e. The van der Waals surface area contributed by atoms with Crippen molar-refractivity contribution < 1.29 is 4.79 Å². The zero-order valence-electron chi connectivity index (χ0n) is 15.7. The number of carbonyl (C=O) groups is 1. The molecule has 4 aromatic rings. The predicted octanol–water partition coefficient (Wildman–Crippen LogP) is 3.50. The molecule has 0 radical (unpaired) electrons. The number of carbonyl (C=O) groups excluding carboxylic acids is 1. The molecule has 3 aromatic heterocycles. The summed E-state index contributed by atoms with van der Waals surface area (Å²) in [6.07, 6.45) is 3.91. The number of hydrogen-bond acceptors (Lipinski definition) is 5. The third-order valence-corrected chi connectivity index (χ3v) is 5.63. The van der Waals surface area contributed by atoms with E-state index < -0.39 is 0 Å². The largest absolute Gasteiger partial charge is 0.349 e. The summed E-state index contributed by atoms with van der Waals surface area (Å²) in [4.78, 5) is 13.9. The molecule has 1 saturated carbocycles. The minimum absolute atomic E-state index is 0.231. The average Bonchev–Trinajstić information content (AvgIpc) is 3.18. The maximum atomic E-state index is 12.4. The summed E-state index contributed by atoms with van der Waals surface area (Å²) in [5.74, 6) is 0.363. The zero-order chi connectivity index (χ0) is 19.6. The second-order valence-corrected chi connectivity index (χ2v) is 7.85. The van der Waals surface area contributed by atoms with E-state index in [-0.39, 0.29) is 5.91 Å². The maximum absolute atomic E-state index is 12.4. The van der Waals surface area contributed by atoms with E-state index >= 15 is 0 Å². The van der Waals surface area contributed by atoms with E-state index in [1.165, 1.54) is 29.5 Å². The quantitative estimate of drug-likeness (QED) is 0.511. The summed E-state index contributed by atoms with van der Waals surface area (Å²) in [5, 5.41) is 20.3. The van der Waals surface area contributed by atoms with Gasteiger partial charge in [-0.3, -0.25) is 9.48 Å².